The van der Waals surface area contributed by atoms with E-state index >= 15 is 0 Å². The summed E-state index contributed by atoms with van der Waals surface area (Å²) in [6.07, 6.45) is 0. The first-order chi connectivity index (χ1) is 14.6. The van der Waals surface area contributed by atoms with Crippen LogP contribution in [-0.2, 0) is 14.8 Å². The van der Waals surface area contributed by atoms with E-state index in [1.54, 1.807) is 55.5 Å². The van der Waals surface area contributed by atoms with Gasteiger partial charge in [-0.25, -0.2) is 4.99 Å². The standard InChI is InChI=1S/C23H20Cl2N2O3S/c1-14(2)18-20(25)21(15(3)19(24)22(18)28)26-23(16-10-6-4-7-11-16)27-31(29,30)17-12-8-5-9-13-17/h4-14H,1-3H3. The average Bonchev–Trinajstić information content (AvgIpc) is 2.75. The Hall–Kier alpha value is -2.54. The highest BCUT2D eigenvalue weighted by Crippen LogP contribution is 2.34. The summed E-state index contributed by atoms with van der Waals surface area (Å²) >= 11 is 12.8. The summed E-state index contributed by atoms with van der Waals surface area (Å²) in [7, 11) is -4.04. The van der Waals surface area contributed by atoms with Crippen LogP contribution in [0, 0.1) is 5.92 Å². The molecule has 0 amide bonds. The van der Waals surface area contributed by atoms with E-state index in [2.05, 4.69) is 9.39 Å². The molecular weight excluding hydrogens is 455 g/mol. The molecule has 0 saturated heterocycles. The summed E-state index contributed by atoms with van der Waals surface area (Å²) in [6.45, 7) is 5.26. The molecule has 31 heavy (non-hydrogen) atoms. The fourth-order valence-electron chi connectivity index (χ4n) is 3.02. The predicted molar refractivity (Wildman–Crippen MR) is 125 cm³/mol. The molecule has 0 bridgehead atoms. The van der Waals surface area contributed by atoms with Crippen molar-refractivity contribution in [1.82, 2.24) is 0 Å². The van der Waals surface area contributed by atoms with Crippen LogP contribution < -0.4 is 0 Å². The van der Waals surface area contributed by atoms with Crippen molar-refractivity contribution in [3.63, 3.8) is 0 Å². The van der Waals surface area contributed by atoms with E-state index in [1.165, 1.54) is 12.1 Å². The fourth-order valence-corrected chi connectivity index (χ4v) is 4.68. The Morgan fingerprint density at radius 1 is 0.903 bits per heavy atom. The van der Waals surface area contributed by atoms with E-state index < -0.39 is 10.0 Å². The van der Waals surface area contributed by atoms with Gasteiger partial charge in [-0.05, 0) is 30.5 Å². The minimum Gasteiger partial charge on any atom is -0.288 e. The van der Waals surface area contributed by atoms with Crippen LogP contribution in [0.15, 0.2) is 96.2 Å². The van der Waals surface area contributed by atoms with Crippen molar-refractivity contribution in [1.29, 1.82) is 0 Å². The third kappa shape index (κ3) is 4.87. The maximum atomic E-state index is 12.9. The number of aliphatic imine (C=N–C) groups is 1. The minimum atomic E-state index is -4.04. The van der Waals surface area contributed by atoms with Gasteiger partial charge in [-0.2, -0.15) is 8.42 Å². The van der Waals surface area contributed by atoms with Crippen LogP contribution >= 0.6 is 23.2 Å². The quantitative estimate of drug-likeness (QED) is 0.333. The maximum Gasteiger partial charge on any atom is 0.284 e. The lowest BCUT2D eigenvalue weighted by Crippen LogP contribution is -2.23. The number of ketones is 1. The van der Waals surface area contributed by atoms with E-state index in [9.17, 15) is 13.2 Å². The van der Waals surface area contributed by atoms with Gasteiger partial charge < -0.3 is 0 Å². The topological polar surface area (TPSA) is 75.9 Å². The molecule has 0 unspecified atom stereocenters. The van der Waals surface area contributed by atoms with Gasteiger partial charge in [0.15, 0.2) is 5.84 Å². The molecule has 1 aliphatic rings. The molecule has 2 aromatic rings. The highest BCUT2D eigenvalue weighted by Gasteiger charge is 2.31. The van der Waals surface area contributed by atoms with Crippen LogP contribution in [0.25, 0.3) is 0 Å². The lowest BCUT2D eigenvalue weighted by Gasteiger charge is -2.21. The van der Waals surface area contributed by atoms with Gasteiger partial charge in [0.25, 0.3) is 10.0 Å². The second-order valence-corrected chi connectivity index (χ2v) is 9.54. The number of amidine groups is 1. The van der Waals surface area contributed by atoms with E-state index in [1.807, 2.05) is 13.8 Å². The zero-order valence-corrected chi connectivity index (χ0v) is 19.5. The maximum absolute atomic E-state index is 12.9. The number of allylic oxidation sites excluding steroid dienone is 4. The zero-order valence-electron chi connectivity index (χ0n) is 17.1. The van der Waals surface area contributed by atoms with E-state index in [4.69, 9.17) is 23.2 Å². The van der Waals surface area contributed by atoms with Crippen LogP contribution in [0.2, 0.25) is 0 Å². The monoisotopic (exact) mass is 474 g/mol. The SMILES string of the molecule is CC1=C(Cl)C(=O)C(C(C)C)=C(Cl)C1=NC(=NS(=O)(=O)c1ccccc1)c1ccccc1. The molecule has 0 spiro atoms. The first-order valence-corrected chi connectivity index (χ1v) is 11.7. The molecule has 3 rings (SSSR count). The molecule has 0 aromatic heterocycles. The van der Waals surface area contributed by atoms with Crippen molar-refractivity contribution >= 4 is 50.6 Å². The number of Topliss-reactive ketones (excluding diaryl/α,β-unsaturated/α-hetero) is 1. The smallest absolute Gasteiger partial charge is 0.284 e. The number of halogens is 2. The third-order valence-corrected chi connectivity index (χ3v) is 6.77. The molecular formula is C23H20Cl2N2O3S. The molecule has 8 heteroatoms. The number of benzene rings is 2. The normalized spacial score (nSPS) is 17.2. The van der Waals surface area contributed by atoms with Crippen molar-refractivity contribution in [2.45, 2.75) is 25.7 Å². The van der Waals surface area contributed by atoms with Gasteiger partial charge in [0.05, 0.1) is 20.7 Å². The number of rotatable bonds is 4. The summed E-state index contributed by atoms with van der Waals surface area (Å²) in [4.78, 5) is 17.1. The Bertz CT molecular complexity index is 1240. The van der Waals surface area contributed by atoms with Crippen molar-refractivity contribution in [2.75, 3.05) is 0 Å². The second-order valence-electron chi connectivity index (χ2n) is 7.18. The number of carbonyl (C=O) groups is 1. The highest BCUT2D eigenvalue weighted by molar-refractivity contribution is 7.90. The van der Waals surface area contributed by atoms with Crippen LogP contribution in [0.3, 0.4) is 0 Å². The van der Waals surface area contributed by atoms with E-state index in [-0.39, 0.29) is 38.2 Å². The average molecular weight is 475 g/mol. The van der Waals surface area contributed by atoms with E-state index in [0.29, 0.717) is 16.7 Å². The van der Waals surface area contributed by atoms with Crippen LogP contribution in [-0.4, -0.2) is 25.7 Å². The molecule has 0 aliphatic heterocycles. The van der Waals surface area contributed by atoms with Gasteiger partial charge in [-0.1, -0.05) is 85.6 Å². The van der Waals surface area contributed by atoms with E-state index in [0.717, 1.165) is 0 Å². The molecule has 0 saturated carbocycles. The Balaban J connectivity index is 2.27. The third-order valence-electron chi connectivity index (χ3n) is 4.65. The lowest BCUT2D eigenvalue weighted by molar-refractivity contribution is -0.112. The lowest BCUT2D eigenvalue weighted by atomic mass is 9.89. The van der Waals surface area contributed by atoms with Gasteiger partial charge >= 0.3 is 0 Å². The van der Waals surface area contributed by atoms with Crippen LogP contribution in [0.1, 0.15) is 26.3 Å². The zero-order chi connectivity index (χ0) is 22.8. The van der Waals surface area contributed by atoms with Crippen molar-refractivity contribution in [2.24, 2.45) is 15.3 Å². The van der Waals surface area contributed by atoms with Crippen molar-refractivity contribution in [3.8, 4) is 0 Å². The molecule has 0 atom stereocenters. The highest BCUT2D eigenvalue weighted by atomic mass is 35.5. The van der Waals surface area contributed by atoms with Gasteiger partial charge in [0.1, 0.15) is 0 Å². The second kappa shape index (κ2) is 9.30. The van der Waals surface area contributed by atoms with Gasteiger partial charge in [0, 0.05) is 11.1 Å². The molecule has 1 aliphatic carbocycles. The summed E-state index contributed by atoms with van der Waals surface area (Å²) in [5.74, 6) is -0.607. The minimum absolute atomic E-state index is 0.00479. The molecule has 160 valence electrons. The Morgan fingerprint density at radius 3 is 2.00 bits per heavy atom. The fraction of sp³-hybridized carbons (Fsp3) is 0.174. The number of sulfonamides is 1. The Morgan fingerprint density at radius 2 is 1.45 bits per heavy atom. The Kier molecular flexibility index (Phi) is 6.94. The number of carbonyl (C=O) groups excluding carboxylic acids is 1. The van der Waals surface area contributed by atoms with Crippen LogP contribution in [0.4, 0.5) is 0 Å². The number of nitrogens with zero attached hydrogens (tertiary/aromatic N) is 2. The summed E-state index contributed by atoms with van der Waals surface area (Å²) in [5.41, 5.74) is 1.39. The molecule has 2 aromatic carbocycles. The molecule has 0 radical (unpaired) electrons. The predicted octanol–water partition coefficient (Wildman–Crippen LogP) is 5.51. The summed E-state index contributed by atoms with van der Waals surface area (Å²) < 4.78 is 29.8. The first kappa shape index (κ1) is 23.1. The van der Waals surface area contributed by atoms with Crippen molar-refractivity contribution in [3.05, 3.63) is 87.4 Å². The molecule has 0 N–H and O–H groups in total. The number of hydrogen-bond donors (Lipinski definition) is 0. The number of hydrogen-bond acceptors (Lipinski definition) is 3. The summed E-state index contributed by atoms with van der Waals surface area (Å²) in [6, 6.07) is 16.5. The molecule has 5 nitrogen and oxygen atoms in total. The Labute approximate surface area is 191 Å². The van der Waals surface area contributed by atoms with Crippen LogP contribution in [0.5, 0.6) is 0 Å². The van der Waals surface area contributed by atoms with Gasteiger partial charge in [0.2, 0.25) is 5.78 Å². The molecule has 0 heterocycles. The van der Waals surface area contributed by atoms with Crippen molar-refractivity contribution < 1.29 is 13.2 Å². The van der Waals surface area contributed by atoms with Gasteiger partial charge in [-0.15, -0.1) is 4.40 Å². The summed E-state index contributed by atoms with van der Waals surface area (Å²) in [5, 5.41) is 0.146. The molecule has 0 fully saturated rings. The van der Waals surface area contributed by atoms with Gasteiger partial charge in [-0.3, -0.25) is 4.79 Å². The first-order valence-electron chi connectivity index (χ1n) is 9.49. The largest absolute Gasteiger partial charge is 0.288 e.